The molecule has 9 rings (SSSR count). The molecule has 0 aromatic heterocycles. The number of rotatable bonds is 7. The van der Waals surface area contributed by atoms with Crippen molar-refractivity contribution in [2.45, 2.75) is 0 Å². The highest BCUT2D eigenvalue weighted by Gasteiger charge is 2.19. The van der Waals surface area contributed by atoms with Gasteiger partial charge in [-0.3, -0.25) is 0 Å². The Morgan fingerprint density at radius 3 is 1.59 bits per heavy atom. The van der Waals surface area contributed by atoms with Gasteiger partial charge in [-0.1, -0.05) is 182 Å². The van der Waals surface area contributed by atoms with Gasteiger partial charge in [0.15, 0.2) is 0 Å². The Bertz CT molecular complexity index is 3000. The highest BCUT2D eigenvalue weighted by molar-refractivity contribution is 6.08. The maximum Gasteiger partial charge on any atom is 0.0645 e. The summed E-state index contributed by atoms with van der Waals surface area (Å²) in [5.74, 6) is 0. The van der Waals surface area contributed by atoms with Gasteiger partial charge in [0.25, 0.3) is 0 Å². The number of hydrogen-bond acceptors (Lipinski definition) is 1. The van der Waals surface area contributed by atoms with Crippen molar-refractivity contribution < 1.29 is 9.60 Å². The van der Waals surface area contributed by atoms with Gasteiger partial charge in [-0.25, -0.2) is 0 Å². The molecule has 1 heteroatoms. The standard InChI is InChI=1S/C50H35N/c1-4-15-37(16-5-1)43-33-34-50(47-25-13-12-24-46(43)47)51(49-26-14-22-39-21-10-11-23-45(39)49)42-30-27-36(28-31-42)41-29-32-44(38-17-6-2-7-18-38)48(35-41)40-19-8-3-9-20-40/h1-35H/i10D,11D,14D,21D,22D,23D,26D. The van der Waals surface area contributed by atoms with Crippen LogP contribution in [0.4, 0.5) is 17.1 Å². The predicted molar refractivity (Wildman–Crippen MR) is 218 cm³/mol. The van der Waals surface area contributed by atoms with Gasteiger partial charge >= 0.3 is 0 Å². The van der Waals surface area contributed by atoms with E-state index in [1.165, 1.54) is 0 Å². The first-order chi connectivity index (χ1) is 28.2. The second-order valence-corrected chi connectivity index (χ2v) is 12.4. The van der Waals surface area contributed by atoms with Crippen molar-refractivity contribution in [2.75, 3.05) is 4.90 Å². The van der Waals surface area contributed by atoms with E-state index in [1.54, 1.807) is 0 Å². The predicted octanol–water partition coefficient (Wildman–Crippen LogP) is 14.1. The molecule has 240 valence electrons. The third-order valence-corrected chi connectivity index (χ3v) is 9.39. The fraction of sp³-hybridized carbons (Fsp3) is 0. The maximum absolute atomic E-state index is 9.39. The minimum absolute atomic E-state index is 0.0151. The monoisotopic (exact) mass is 656 g/mol. The quantitative estimate of drug-likeness (QED) is 0.165. The Labute approximate surface area is 309 Å². The largest absolute Gasteiger partial charge is 0.309 e. The summed E-state index contributed by atoms with van der Waals surface area (Å²) in [6, 6.07) is 54.1. The van der Waals surface area contributed by atoms with Crippen molar-refractivity contribution in [1.82, 2.24) is 0 Å². The van der Waals surface area contributed by atoms with Gasteiger partial charge in [0, 0.05) is 16.5 Å². The zero-order chi connectivity index (χ0) is 40.1. The Morgan fingerprint density at radius 1 is 0.333 bits per heavy atom. The van der Waals surface area contributed by atoms with Crippen LogP contribution in [0.1, 0.15) is 9.60 Å². The molecule has 0 saturated heterocycles. The molecule has 0 unspecified atom stereocenters. The van der Waals surface area contributed by atoms with E-state index >= 15 is 0 Å². The van der Waals surface area contributed by atoms with Crippen molar-refractivity contribution in [3.8, 4) is 44.5 Å². The van der Waals surface area contributed by atoms with E-state index in [1.807, 2.05) is 120 Å². The molecule has 0 heterocycles. The van der Waals surface area contributed by atoms with Crippen LogP contribution in [0.2, 0.25) is 0 Å². The molecule has 0 radical (unpaired) electrons. The van der Waals surface area contributed by atoms with Crippen LogP contribution >= 0.6 is 0 Å². The Balaban J connectivity index is 1.28. The molecule has 9 aromatic carbocycles. The van der Waals surface area contributed by atoms with Crippen molar-refractivity contribution in [1.29, 1.82) is 0 Å². The fourth-order valence-electron chi connectivity index (χ4n) is 6.96. The van der Waals surface area contributed by atoms with Crippen LogP contribution in [0.3, 0.4) is 0 Å². The third kappa shape index (κ3) is 5.75. The van der Waals surface area contributed by atoms with Gasteiger partial charge in [-0.05, 0) is 85.6 Å². The van der Waals surface area contributed by atoms with Crippen molar-refractivity contribution >= 4 is 38.6 Å². The summed E-state index contributed by atoms with van der Waals surface area (Å²) in [4.78, 5) is 1.82. The minimum atomic E-state index is -0.490. The molecule has 0 aliphatic carbocycles. The molecule has 0 spiro atoms. The second kappa shape index (κ2) is 13.3. The van der Waals surface area contributed by atoms with Crippen molar-refractivity contribution in [3.63, 3.8) is 0 Å². The zero-order valence-electron chi connectivity index (χ0n) is 34.6. The van der Waals surface area contributed by atoms with Gasteiger partial charge in [-0.15, -0.1) is 0 Å². The highest BCUT2D eigenvalue weighted by atomic mass is 15.1. The summed E-state index contributed by atoms with van der Waals surface area (Å²) in [6.07, 6.45) is 0. The third-order valence-electron chi connectivity index (χ3n) is 9.39. The zero-order valence-corrected chi connectivity index (χ0v) is 27.6. The molecule has 0 saturated carbocycles. The molecule has 51 heavy (non-hydrogen) atoms. The topological polar surface area (TPSA) is 3.24 Å². The molecule has 0 aliphatic heterocycles. The molecular formula is C50H35N. The SMILES string of the molecule is [2H]c1c([2H])c([2H])c2c(N(c3ccc(-c4ccc(-c5ccccc5)c(-c5ccccc5)c4)cc3)c3ccc(-c4ccccc4)c4ccccc34)c([2H])c([2H])c([2H])c2c1[2H]. The Hall–Kier alpha value is -6.70. The smallest absolute Gasteiger partial charge is 0.0645 e. The normalized spacial score (nSPS) is 13.1. The van der Waals surface area contributed by atoms with E-state index in [4.69, 9.17) is 8.22 Å². The van der Waals surface area contributed by atoms with Crippen LogP contribution in [0.5, 0.6) is 0 Å². The number of fused-ring (bicyclic) bond motifs is 2. The van der Waals surface area contributed by atoms with E-state index in [0.29, 0.717) is 11.4 Å². The summed E-state index contributed by atoms with van der Waals surface area (Å²) in [5.41, 5.74) is 9.79. The maximum atomic E-state index is 9.39. The molecule has 0 aliphatic rings. The van der Waals surface area contributed by atoms with Gasteiger partial charge in [0.1, 0.15) is 0 Å². The average Bonchev–Trinajstić information content (AvgIpc) is 3.28. The number of hydrogen-bond donors (Lipinski definition) is 0. The Kier molecular flexibility index (Phi) is 6.16. The van der Waals surface area contributed by atoms with Crippen LogP contribution < -0.4 is 4.90 Å². The molecule has 0 atom stereocenters. The van der Waals surface area contributed by atoms with E-state index in [-0.39, 0.29) is 28.5 Å². The van der Waals surface area contributed by atoms with Gasteiger partial charge in [0.05, 0.1) is 21.0 Å². The molecule has 0 fully saturated rings. The lowest BCUT2D eigenvalue weighted by molar-refractivity contribution is 1.31. The summed E-state index contributed by atoms with van der Waals surface area (Å²) in [6.45, 7) is 0. The first-order valence-corrected chi connectivity index (χ1v) is 17.0. The number of benzene rings is 9. The molecule has 0 amide bonds. The first kappa shape index (κ1) is 23.6. The molecule has 1 nitrogen and oxygen atoms in total. The van der Waals surface area contributed by atoms with Crippen molar-refractivity contribution in [3.05, 3.63) is 212 Å². The second-order valence-electron chi connectivity index (χ2n) is 12.4. The van der Waals surface area contributed by atoms with Crippen molar-refractivity contribution in [2.24, 2.45) is 0 Å². The van der Waals surface area contributed by atoms with Crippen LogP contribution in [0.25, 0.3) is 66.1 Å². The van der Waals surface area contributed by atoms with Crippen LogP contribution in [0.15, 0.2) is 212 Å². The number of anilines is 3. The van der Waals surface area contributed by atoms with E-state index in [0.717, 1.165) is 55.3 Å². The summed E-state index contributed by atoms with van der Waals surface area (Å²) in [7, 11) is 0. The summed E-state index contributed by atoms with van der Waals surface area (Å²) < 4.78 is 62.2. The lowest BCUT2D eigenvalue weighted by atomic mass is 9.91. The molecule has 0 N–H and O–H groups in total. The summed E-state index contributed by atoms with van der Waals surface area (Å²) >= 11 is 0. The molecule has 0 bridgehead atoms. The van der Waals surface area contributed by atoms with Crippen LogP contribution in [0, 0.1) is 0 Å². The lowest BCUT2D eigenvalue weighted by Crippen LogP contribution is -2.11. The van der Waals surface area contributed by atoms with Crippen LogP contribution in [-0.2, 0) is 0 Å². The highest BCUT2D eigenvalue weighted by Crippen LogP contribution is 2.45. The average molecular weight is 657 g/mol. The summed E-state index contributed by atoms with van der Waals surface area (Å²) in [5, 5.41) is 1.70. The molecule has 9 aromatic rings. The molecular weight excluding hydrogens is 615 g/mol. The Morgan fingerprint density at radius 2 is 0.882 bits per heavy atom. The van der Waals surface area contributed by atoms with Gasteiger partial charge in [0.2, 0.25) is 0 Å². The number of nitrogens with zero attached hydrogens (tertiary/aromatic N) is 1. The van der Waals surface area contributed by atoms with E-state index in [2.05, 4.69) is 54.6 Å². The lowest BCUT2D eigenvalue weighted by Gasteiger charge is -2.29. The van der Waals surface area contributed by atoms with Crippen LogP contribution in [-0.4, -0.2) is 0 Å². The first-order valence-electron chi connectivity index (χ1n) is 20.5. The van der Waals surface area contributed by atoms with Gasteiger partial charge < -0.3 is 4.90 Å². The van der Waals surface area contributed by atoms with E-state index in [9.17, 15) is 1.37 Å². The van der Waals surface area contributed by atoms with E-state index < -0.39 is 30.2 Å². The van der Waals surface area contributed by atoms with Gasteiger partial charge in [-0.2, -0.15) is 0 Å². The minimum Gasteiger partial charge on any atom is -0.309 e. The fourth-order valence-corrected chi connectivity index (χ4v) is 6.96.